The highest BCUT2D eigenvalue weighted by molar-refractivity contribution is 9.10. The van der Waals surface area contributed by atoms with Crippen LogP contribution in [0.2, 0.25) is 5.02 Å². The molecule has 1 aromatic carbocycles. The maximum Gasteiger partial charge on any atom is 0.262 e. The molecular formula is C13H7BrClN3O4. The Morgan fingerprint density at radius 3 is 2.55 bits per heavy atom. The standard InChI is InChI=1S/C13H7BrClN3O4/c14-5-2-6(15)8(19)3-7(5)18-9(20)1-4-10(11(18)16)13(22)17-12(4)21/h1-3,19H,16H2,(H,17,21,22). The van der Waals surface area contributed by atoms with Gasteiger partial charge in [-0.15, -0.1) is 0 Å². The second-order valence-electron chi connectivity index (χ2n) is 4.53. The summed E-state index contributed by atoms with van der Waals surface area (Å²) < 4.78 is 1.39. The number of hydrogen-bond acceptors (Lipinski definition) is 5. The third-order valence-corrected chi connectivity index (χ3v) is 4.15. The van der Waals surface area contributed by atoms with Gasteiger partial charge < -0.3 is 10.8 Å². The lowest BCUT2D eigenvalue weighted by molar-refractivity contribution is 0.0880. The Hall–Kier alpha value is -2.32. The van der Waals surface area contributed by atoms with E-state index in [1.807, 2.05) is 0 Å². The van der Waals surface area contributed by atoms with Gasteiger partial charge in [-0.25, -0.2) is 0 Å². The van der Waals surface area contributed by atoms with Gasteiger partial charge >= 0.3 is 0 Å². The zero-order valence-electron chi connectivity index (χ0n) is 10.7. The predicted molar refractivity (Wildman–Crippen MR) is 82.6 cm³/mol. The second kappa shape index (κ2) is 4.85. The summed E-state index contributed by atoms with van der Waals surface area (Å²) in [5, 5.41) is 11.9. The molecule has 1 aliphatic heterocycles. The number of aromatic hydroxyl groups is 1. The van der Waals surface area contributed by atoms with E-state index < -0.39 is 17.4 Å². The number of benzene rings is 1. The molecule has 1 aliphatic rings. The van der Waals surface area contributed by atoms with E-state index in [0.717, 1.165) is 10.6 Å². The molecule has 112 valence electrons. The lowest BCUT2D eigenvalue weighted by Gasteiger charge is -2.14. The summed E-state index contributed by atoms with van der Waals surface area (Å²) in [6.45, 7) is 0. The monoisotopic (exact) mass is 383 g/mol. The molecule has 1 aromatic heterocycles. The van der Waals surface area contributed by atoms with Gasteiger partial charge in [-0.05, 0) is 22.0 Å². The Bertz CT molecular complexity index is 922. The molecule has 0 fully saturated rings. The van der Waals surface area contributed by atoms with Gasteiger partial charge in [0.15, 0.2) is 0 Å². The number of carbonyl (C=O) groups excluding carboxylic acids is 2. The number of nitrogen functional groups attached to an aromatic ring is 1. The maximum absolute atomic E-state index is 12.3. The van der Waals surface area contributed by atoms with E-state index in [1.165, 1.54) is 12.1 Å². The Labute approximate surface area is 136 Å². The van der Waals surface area contributed by atoms with Crippen molar-refractivity contribution in [2.75, 3.05) is 5.73 Å². The molecule has 7 nitrogen and oxygen atoms in total. The summed E-state index contributed by atoms with van der Waals surface area (Å²) in [4.78, 5) is 35.6. The van der Waals surface area contributed by atoms with Gasteiger partial charge in [0.25, 0.3) is 17.4 Å². The molecule has 0 radical (unpaired) electrons. The van der Waals surface area contributed by atoms with Gasteiger partial charge in [0.1, 0.15) is 11.6 Å². The highest BCUT2D eigenvalue weighted by Gasteiger charge is 2.32. The first-order valence-corrected chi connectivity index (χ1v) is 7.08. The number of phenols is 1. The fourth-order valence-electron chi connectivity index (χ4n) is 2.23. The van der Waals surface area contributed by atoms with Crippen molar-refractivity contribution in [1.29, 1.82) is 0 Å². The first-order chi connectivity index (χ1) is 10.3. The summed E-state index contributed by atoms with van der Waals surface area (Å²) in [5.41, 5.74) is 5.31. The number of aromatic nitrogens is 1. The Morgan fingerprint density at radius 1 is 1.18 bits per heavy atom. The second-order valence-corrected chi connectivity index (χ2v) is 5.79. The molecule has 2 amide bonds. The van der Waals surface area contributed by atoms with Crippen molar-refractivity contribution >= 4 is 45.2 Å². The van der Waals surface area contributed by atoms with Crippen molar-refractivity contribution in [3.8, 4) is 11.4 Å². The molecule has 0 unspecified atom stereocenters. The molecule has 22 heavy (non-hydrogen) atoms. The number of pyridine rings is 1. The molecule has 3 rings (SSSR count). The van der Waals surface area contributed by atoms with Gasteiger partial charge in [0, 0.05) is 16.6 Å². The molecule has 9 heteroatoms. The van der Waals surface area contributed by atoms with Crippen LogP contribution in [0.1, 0.15) is 20.7 Å². The Kier molecular flexibility index (Phi) is 3.22. The van der Waals surface area contributed by atoms with Crippen molar-refractivity contribution in [3.63, 3.8) is 0 Å². The van der Waals surface area contributed by atoms with E-state index >= 15 is 0 Å². The topological polar surface area (TPSA) is 114 Å². The van der Waals surface area contributed by atoms with E-state index in [0.29, 0.717) is 4.47 Å². The van der Waals surface area contributed by atoms with Crippen molar-refractivity contribution in [2.24, 2.45) is 0 Å². The van der Waals surface area contributed by atoms with Gasteiger partial charge in [0.2, 0.25) is 0 Å². The normalized spacial score (nSPS) is 13.2. The number of rotatable bonds is 1. The van der Waals surface area contributed by atoms with Crippen molar-refractivity contribution in [2.45, 2.75) is 0 Å². The predicted octanol–water partition coefficient (Wildman–Crippen LogP) is 1.42. The largest absolute Gasteiger partial charge is 0.506 e. The number of hydrogen-bond donors (Lipinski definition) is 3. The van der Waals surface area contributed by atoms with Crippen LogP contribution in [-0.4, -0.2) is 21.5 Å². The molecule has 0 atom stereocenters. The van der Waals surface area contributed by atoms with Crippen molar-refractivity contribution in [1.82, 2.24) is 9.88 Å². The molecule has 0 bridgehead atoms. The first-order valence-electron chi connectivity index (χ1n) is 5.91. The molecule has 2 aromatic rings. The Balaban J connectivity index is 2.37. The van der Waals surface area contributed by atoms with Crippen LogP contribution in [-0.2, 0) is 0 Å². The highest BCUT2D eigenvalue weighted by atomic mass is 79.9. The number of nitrogens with one attached hydrogen (secondary N) is 1. The summed E-state index contributed by atoms with van der Waals surface area (Å²) in [6.07, 6.45) is 0. The number of halogens is 2. The van der Waals surface area contributed by atoms with E-state index in [2.05, 4.69) is 21.2 Å². The van der Waals surface area contributed by atoms with E-state index in [4.69, 9.17) is 17.3 Å². The third kappa shape index (κ3) is 1.99. The summed E-state index contributed by atoms with van der Waals surface area (Å²) in [7, 11) is 0. The number of nitrogens with zero attached hydrogens (tertiary/aromatic N) is 1. The summed E-state index contributed by atoms with van der Waals surface area (Å²) >= 11 is 9.00. The van der Waals surface area contributed by atoms with Gasteiger partial charge in [-0.2, -0.15) is 0 Å². The van der Waals surface area contributed by atoms with Crippen LogP contribution >= 0.6 is 27.5 Å². The van der Waals surface area contributed by atoms with Gasteiger partial charge in [0.05, 0.1) is 21.8 Å². The van der Waals surface area contributed by atoms with E-state index in [1.54, 1.807) is 0 Å². The molecule has 0 saturated heterocycles. The zero-order valence-corrected chi connectivity index (χ0v) is 13.0. The van der Waals surface area contributed by atoms with Crippen molar-refractivity contribution < 1.29 is 14.7 Å². The lowest BCUT2D eigenvalue weighted by Crippen LogP contribution is -2.24. The molecule has 0 spiro atoms. The van der Waals surface area contributed by atoms with Gasteiger partial charge in [-0.3, -0.25) is 24.3 Å². The fraction of sp³-hybridized carbons (Fsp3) is 0. The van der Waals surface area contributed by atoms with Crippen LogP contribution < -0.4 is 16.6 Å². The minimum Gasteiger partial charge on any atom is -0.506 e. The SMILES string of the molecule is Nc1c2c(cc(=O)n1-c1cc(O)c(Cl)cc1Br)C(=O)NC2=O. The smallest absolute Gasteiger partial charge is 0.262 e. The van der Waals surface area contributed by atoms with Crippen LogP contribution in [0.3, 0.4) is 0 Å². The van der Waals surface area contributed by atoms with Crippen LogP contribution in [0.15, 0.2) is 27.5 Å². The minimum absolute atomic E-state index is 0.0712. The zero-order chi connectivity index (χ0) is 16.2. The number of amides is 2. The quantitative estimate of drug-likeness (QED) is 0.643. The minimum atomic E-state index is -0.680. The van der Waals surface area contributed by atoms with Crippen LogP contribution in [0.25, 0.3) is 5.69 Å². The number of imide groups is 1. The summed E-state index contributed by atoms with van der Waals surface area (Å²) in [6, 6.07) is 3.63. The number of anilines is 1. The number of carbonyl (C=O) groups is 2. The molecule has 2 heterocycles. The van der Waals surface area contributed by atoms with Gasteiger partial charge in [-0.1, -0.05) is 11.6 Å². The average molecular weight is 385 g/mol. The van der Waals surface area contributed by atoms with Crippen LogP contribution in [0, 0.1) is 0 Å². The average Bonchev–Trinajstić information content (AvgIpc) is 2.70. The van der Waals surface area contributed by atoms with Crippen LogP contribution in [0.5, 0.6) is 5.75 Å². The van der Waals surface area contributed by atoms with E-state index in [-0.39, 0.29) is 33.4 Å². The molecule has 4 N–H and O–H groups in total. The first kappa shape index (κ1) is 14.6. The maximum atomic E-state index is 12.3. The fourth-order valence-corrected chi connectivity index (χ4v) is 3.04. The summed E-state index contributed by atoms with van der Waals surface area (Å²) in [5.74, 6) is -1.81. The van der Waals surface area contributed by atoms with Crippen LogP contribution in [0.4, 0.5) is 5.82 Å². The van der Waals surface area contributed by atoms with E-state index in [9.17, 15) is 19.5 Å². The van der Waals surface area contributed by atoms with Crippen molar-refractivity contribution in [3.05, 3.63) is 49.2 Å². The number of phenolic OH excluding ortho intramolecular Hbond substituents is 1. The highest BCUT2D eigenvalue weighted by Crippen LogP contribution is 2.34. The Morgan fingerprint density at radius 2 is 1.86 bits per heavy atom. The lowest BCUT2D eigenvalue weighted by atomic mass is 10.1. The third-order valence-electron chi connectivity index (χ3n) is 3.21. The number of nitrogens with two attached hydrogens (primary N) is 1. The molecular weight excluding hydrogens is 378 g/mol. The molecule has 0 aliphatic carbocycles. The number of fused-ring (bicyclic) bond motifs is 1. The molecule has 0 saturated carbocycles.